The Balaban J connectivity index is 0.00000224. The van der Waals surface area contributed by atoms with Crippen LogP contribution in [-0.4, -0.2) is 29.5 Å². The summed E-state index contributed by atoms with van der Waals surface area (Å²) >= 11 is 0. The van der Waals surface area contributed by atoms with E-state index in [2.05, 4.69) is 75.2 Å². The predicted octanol–water partition coefficient (Wildman–Crippen LogP) is 9.11. The molecule has 4 heterocycles. The van der Waals surface area contributed by atoms with Gasteiger partial charge in [0.05, 0.1) is 0 Å². The van der Waals surface area contributed by atoms with Crippen molar-refractivity contribution in [2.75, 3.05) is 0 Å². The summed E-state index contributed by atoms with van der Waals surface area (Å²) in [4.78, 5) is 22.0. The molecule has 0 fully saturated rings. The molecule has 0 amide bonds. The molecule has 4 aromatic heterocycles. The Labute approximate surface area is 324 Å². The molecule has 0 saturated carbocycles. The van der Waals surface area contributed by atoms with Crippen LogP contribution < -0.4 is 9.47 Å². The molecule has 0 spiro atoms. The van der Waals surface area contributed by atoms with Crippen LogP contribution in [0.3, 0.4) is 0 Å². The first-order valence-corrected chi connectivity index (χ1v) is 15.7. The van der Waals surface area contributed by atoms with Gasteiger partial charge in [-0.25, -0.2) is 15.0 Å². The molecule has 0 aliphatic heterocycles. The smallest absolute Gasteiger partial charge is 0.503 e. The number of rotatable bonds is 7. The number of ether oxygens (including phenoxy) is 2. The fraction of sp³-hybridized carbons (Fsp3) is 0.0976. The van der Waals surface area contributed by atoms with Crippen molar-refractivity contribution in [2.24, 2.45) is 0 Å². The van der Waals surface area contributed by atoms with E-state index in [4.69, 9.17) is 9.47 Å². The Morgan fingerprint density at radius 2 is 1.02 bits per heavy atom. The van der Waals surface area contributed by atoms with Gasteiger partial charge in [0, 0.05) is 35.4 Å². The van der Waals surface area contributed by atoms with Crippen molar-refractivity contribution < 1.29 is 51.6 Å². The molecule has 8 rings (SSSR count). The van der Waals surface area contributed by atoms with Crippen LogP contribution in [0.4, 0.5) is 0 Å². The molecule has 0 unspecified atom stereocenters. The fourth-order valence-electron chi connectivity index (χ4n) is 5.75. The van der Waals surface area contributed by atoms with Gasteiger partial charge < -0.3 is 24.0 Å². The van der Waals surface area contributed by atoms with Crippen LogP contribution in [0.1, 0.15) is 22.3 Å². The summed E-state index contributed by atoms with van der Waals surface area (Å²) in [5, 5.41) is 1.86. The van der Waals surface area contributed by atoms with E-state index in [0.29, 0.717) is 28.9 Å². The maximum absolute atomic E-state index is 6.47. The van der Waals surface area contributed by atoms with Crippen molar-refractivity contribution in [3.63, 3.8) is 0 Å². The summed E-state index contributed by atoms with van der Waals surface area (Å²) in [6, 6.07) is 37.4. The summed E-state index contributed by atoms with van der Waals surface area (Å²) in [6.07, 6.45) is 6.48. The molecule has 8 aromatic rings. The Hall–Kier alpha value is -5.03. The molecule has 0 radical (unpaired) electrons. The van der Waals surface area contributed by atoms with Crippen LogP contribution >= 0.6 is 0 Å². The number of fused-ring (bicyclic) bond motifs is 3. The maximum Gasteiger partial charge on any atom is 2.00 e. The number of aromatic nitrogens is 6. The minimum Gasteiger partial charge on any atom is -0.503 e. The zero-order valence-electron chi connectivity index (χ0n) is 27.9. The summed E-state index contributed by atoms with van der Waals surface area (Å²) in [7, 11) is 0. The number of benzene rings is 4. The first-order chi connectivity index (χ1) is 23.9. The number of pyridine rings is 2. The molecule has 0 atom stereocenters. The van der Waals surface area contributed by atoms with Crippen molar-refractivity contribution in [3.8, 4) is 51.5 Å². The maximum atomic E-state index is 6.47. The predicted molar refractivity (Wildman–Crippen MR) is 188 cm³/mol. The molecule has 0 aliphatic rings. The minimum atomic E-state index is 0. The van der Waals surface area contributed by atoms with E-state index in [1.54, 1.807) is 12.4 Å². The first-order valence-electron chi connectivity index (χ1n) is 15.7. The van der Waals surface area contributed by atoms with Crippen LogP contribution in [0.5, 0.6) is 23.0 Å². The molecule has 4 aromatic carbocycles. The number of nitrogens with zero attached hydrogens (tertiary/aromatic N) is 6. The van der Waals surface area contributed by atoms with Crippen molar-refractivity contribution in [1.29, 1.82) is 0 Å². The molecule has 0 bridgehead atoms. The van der Waals surface area contributed by atoms with Crippen LogP contribution in [0.15, 0.2) is 97.8 Å². The Bertz CT molecular complexity index is 2340. The molecule has 8 nitrogen and oxygen atoms in total. The third-order valence-corrected chi connectivity index (χ3v) is 8.60. The van der Waals surface area contributed by atoms with Crippen LogP contribution in [-0.2, 0) is 42.1 Å². The quantitative estimate of drug-likeness (QED) is 0.147. The van der Waals surface area contributed by atoms with E-state index in [-0.39, 0.29) is 42.1 Å². The van der Waals surface area contributed by atoms with Gasteiger partial charge in [0.25, 0.3) is 0 Å². The fourth-order valence-corrected chi connectivity index (χ4v) is 5.75. The van der Waals surface area contributed by atoms with Gasteiger partial charge in [-0.1, -0.05) is 86.3 Å². The van der Waals surface area contributed by atoms with Crippen LogP contribution in [0.25, 0.3) is 50.3 Å². The molecular formula is C41H28N6O2Pt2. The third-order valence-electron chi connectivity index (χ3n) is 8.60. The van der Waals surface area contributed by atoms with Crippen molar-refractivity contribution in [1.82, 2.24) is 29.5 Å². The summed E-state index contributed by atoms with van der Waals surface area (Å²) < 4.78 is 14.8. The number of aryl methyl sites for hydroxylation is 2. The molecule has 254 valence electrons. The average Bonchev–Trinajstić information content (AvgIpc) is 3.45. The summed E-state index contributed by atoms with van der Waals surface area (Å²) in [5.74, 6) is 2.67. The zero-order valence-corrected chi connectivity index (χ0v) is 32.4. The Kier molecular flexibility index (Phi) is 10.6. The molecule has 10 heteroatoms. The molecule has 0 N–H and O–H groups in total. The van der Waals surface area contributed by atoms with E-state index in [1.807, 2.05) is 79.1 Å². The molecular weight excluding hydrogens is 999 g/mol. The second kappa shape index (κ2) is 15.1. The zero-order chi connectivity index (χ0) is 33.5. The molecule has 51 heavy (non-hydrogen) atoms. The largest absolute Gasteiger partial charge is 2.00 e. The average molecular weight is 1030 g/mol. The topological polar surface area (TPSA) is 87.8 Å². The van der Waals surface area contributed by atoms with Gasteiger partial charge in [-0.05, 0) is 23.5 Å². The van der Waals surface area contributed by atoms with Crippen molar-refractivity contribution in [3.05, 3.63) is 144 Å². The van der Waals surface area contributed by atoms with Crippen LogP contribution in [0, 0.1) is 52.0 Å². The van der Waals surface area contributed by atoms with Gasteiger partial charge in [0.1, 0.15) is 12.7 Å². The van der Waals surface area contributed by atoms with E-state index >= 15 is 0 Å². The summed E-state index contributed by atoms with van der Waals surface area (Å²) in [6.45, 7) is 8.15. The molecule has 0 saturated heterocycles. The van der Waals surface area contributed by atoms with Gasteiger partial charge in [0.15, 0.2) is 0 Å². The van der Waals surface area contributed by atoms with Crippen molar-refractivity contribution in [2.45, 2.75) is 27.7 Å². The Morgan fingerprint density at radius 1 is 0.549 bits per heavy atom. The SMILES string of the molecule is Cc1cc(-c2ccccn2)[c-]c(Oc2[c-]c3c(cc2)c2ccc(Oc4[c-]c(-c5ccccn5)cc(C)c4C)[c-]c2n3-c2ncncn2)c1C.[Pt+2].[Pt+2]. The van der Waals surface area contributed by atoms with Crippen LogP contribution in [0.2, 0.25) is 0 Å². The van der Waals surface area contributed by atoms with E-state index < -0.39 is 0 Å². The second-order valence-corrected chi connectivity index (χ2v) is 11.7. The van der Waals surface area contributed by atoms with E-state index in [1.165, 1.54) is 12.7 Å². The van der Waals surface area contributed by atoms with Gasteiger partial charge in [-0.2, -0.15) is 22.9 Å². The van der Waals surface area contributed by atoms with Gasteiger partial charge in [0.2, 0.25) is 5.95 Å². The standard InChI is InChI=1S/C41H28N6O2.2Pt/c1-25-17-29(35-9-5-7-15-43-35)19-39(27(25)3)48-31-11-13-33-34-14-12-32(22-38(34)47(37(33)21-31)41-45-23-42-24-46-41)49-40-20-30(18-26(2)28(40)4)36-10-6-8-16-44-36;;/h5-18,23-24H,1-4H3;;/q-4;2*+2. The monoisotopic (exact) mass is 1030 g/mol. The first kappa shape index (κ1) is 35.8. The van der Waals surface area contributed by atoms with Crippen molar-refractivity contribution >= 4 is 21.8 Å². The third kappa shape index (κ3) is 6.99. The minimum absolute atomic E-state index is 0. The van der Waals surface area contributed by atoms with Gasteiger partial charge in [-0.3, -0.25) is 0 Å². The summed E-state index contributed by atoms with van der Waals surface area (Å²) in [5.41, 5.74) is 8.91. The van der Waals surface area contributed by atoms with Gasteiger partial charge in [-0.15, -0.1) is 58.7 Å². The normalized spacial score (nSPS) is 10.8. The Morgan fingerprint density at radius 3 is 1.45 bits per heavy atom. The second-order valence-electron chi connectivity index (χ2n) is 11.7. The number of hydrogen-bond acceptors (Lipinski definition) is 7. The van der Waals surface area contributed by atoms with E-state index in [9.17, 15) is 0 Å². The van der Waals surface area contributed by atoms with Gasteiger partial charge >= 0.3 is 42.1 Å². The number of hydrogen-bond donors (Lipinski definition) is 0. The van der Waals surface area contributed by atoms with E-state index in [0.717, 1.165) is 66.6 Å². The molecule has 0 aliphatic carbocycles.